The predicted molar refractivity (Wildman–Crippen MR) is 74.1 cm³/mol. The Morgan fingerprint density at radius 1 is 1.53 bits per heavy atom. The van der Waals surface area contributed by atoms with Gasteiger partial charge in [0, 0.05) is 18.4 Å². The van der Waals surface area contributed by atoms with Crippen LogP contribution < -0.4 is 10.5 Å². The van der Waals surface area contributed by atoms with Crippen LogP contribution in [0.5, 0.6) is 0 Å². The lowest BCUT2D eigenvalue weighted by Crippen LogP contribution is -2.20. The second-order valence-corrected chi connectivity index (χ2v) is 5.40. The monoisotopic (exact) mass is 283 g/mol. The van der Waals surface area contributed by atoms with Crippen molar-refractivity contribution in [2.45, 2.75) is 6.92 Å². The average Bonchev–Trinajstić information content (AvgIpc) is 2.36. The van der Waals surface area contributed by atoms with E-state index in [1.165, 1.54) is 6.20 Å². The summed E-state index contributed by atoms with van der Waals surface area (Å²) in [5, 5.41) is 0. The lowest BCUT2D eigenvalue weighted by Gasteiger charge is -2.07. The van der Waals surface area contributed by atoms with Crippen LogP contribution in [0.15, 0.2) is 18.3 Å². The molecule has 0 aliphatic carbocycles. The van der Waals surface area contributed by atoms with Gasteiger partial charge in [0.25, 0.3) is 0 Å². The minimum absolute atomic E-state index is 0.110. The summed E-state index contributed by atoms with van der Waals surface area (Å²) in [6.07, 6.45) is 1.49. The fourth-order valence-corrected chi connectivity index (χ4v) is 2.11. The largest absolute Gasteiger partial charge is 0.381 e. The summed E-state index contributed by atoms with van der Waals surface area (Å²) < 4.78 is 30.8. The minimum atomic E-state index is -3.45. The molecule has 0 spiro atoms. The zero-order chi connectivity index (χ0) is 14.1. The topological polar surface area (TPSA) is 94.3 Å². The van der Waals surface area contributed by atoms with E-state index in [-0.39, 0.29) is 24.7 Å². The Morgan fingerprint density at radius 2 is 2.32 bits per heavy atom. The van der Waals surface area contributed by atoms with Crippen LogP contribution >= 0.6 is 0 Å². The second-order valence-electron chi connectivity index (χ2n) is 3.55. The van der Waals surface area contributed by atoms with Crippen LogP contribution in [0.3, 0.4) is 0 Å². The van der Waals surface area contributed by atoms with Gasteiger partial charge in [-0.15, -0.1) is 0 Å². The number of aromatic nitrogens is 1. The first-order chi connectivity index (χ1) is 9.07. The first kappa shape index (κ1) is 15.4. The van der Waals surface area contributed by atoms with Crippen LogP contribution in [-0.4, -0.2) is 38.9 Å². The Kier molecular flexibility index (Phi) is 6.29. The summed E-state index contributed by atoms with van der Waals surface area (Å²) in [4.78, 5) is 3.93. The van der Waals surface area contributed by atoms with Gasteiger partial charge >= 0.3 is 0 Å². The fourth-order valence-electron chi connectivity index (χ4n) is 1.24. The van der Waals surface area contributed by atoms with Crippen molar-refractivity contribution in [3.8, 4) is 11.8 Å². The van der Waals surface area contributed by atoms with Gasteiger partial charge in [-0.1, -0.05) is 11.8 Å². The van der Waals surface area contributed by atoms with Gasteiger partial charge in [0.2, 0.25) is 10.0 Å². The highest BCUT2D eigenvalue weighted by Gasteiger charge is 2.10. The van der Waals surface area contributed by atoms with Crippen LogP contribution in [0.2, 0.25) is 0 Å². The van der Waals surface area contributed by atoms with Crippen molar-refractivity contribution < 1.29 is 13.2 Å². The van der Waals surface area contributed by atoms with E-state index in [0.717, 1.165) is 0 Å². The lowest BCUT2D eigenvalue weighted by molar-refractivity contribution is 0.163. The highest BCUT2D eigenvalue weighted by atomic mass is 32.2. The van der Waals surface area contributed by atoms with Gasteiger partial charge < -0.3 is 10.5 Å². The van der Waals surface area contributed by atoms with Crippen LogP contribution in [0.4, 0.5) is 5.82 Å². The van der Waals surface area contributed by atoms with Crippen molar-refractivity contribution in [3.63, 3.8) is 0 Å². The SMILES string of the molecule is CCOCCS(=O)(=O)Nc1cc(C#CCN)ccn1. The average molecular weight is 283 g/mol. The smallest absolute Gasteiger partial charge is 0.236 e. The molecular formula is C12H17N3O3S. The number of nitrogens with two attached hydrogens (primary N) is 1. The van der Waals surface area contributed by atoms with Crippen molar-refractivity contribution in [1.82, 2.24) is 4.98 Å². The number of rotatable bonds is 6. The lowest BCUT2D eigenvalue weighted by atomic mass is 10.2. The van der Waals surface area contributed by atoms with Gasteiger partial charge in [-0.2, -0.15) is 0 Å². The number of nitrogens with one attached hydrogen (secondary N) is 1. The molecule has 0 unspecified atom stereocenters. The molecule has 0 aliphatic rings. The number of pyridine rings is 1. The third kappa shape index (κ3) is 6.20. The molecule has 0 aromatic carbocycles. The zero-order valence-electron chi connectivity index (χ0n) is 10.7. The molecule has 0 amide bonds. The van der Waals surface area contributed by atoms with Gasteiger partial charge in [-0.25, -0.2) is 13.4 Å². The van der Waals surface area contributed by atoms with E-state index in [2.05, 4.69) is 21.5 Å². The summed E-state index contributed by atoms with van der Waals surface area (Å²) in [7, 11) is -3.45. The summed E-state index contributed by atoms with van der Waals surface area (Å²) in [6, 6.07) is 3.24. The predicted octanol–water partition coefficient (Wildman–Crippen LogP) is 0.170. The normalized spacial score (nSPS) is 10.6. The van der Waals surface area contributed by atoms with E-state index in [1.807, 2.05) is 0 Å². The minimum Gasteiger partial charge on any atom is -0.381 e. The summed E-state index contributed by atoms with van der Waals surface area (Å²) in [5.41, 5.74) is 5.93. The van der Waals surface area contributed by atoms with Crippen LogP contribution in [0.25, 0.3) is 0 Å². The molecule has 0 atom stereocenters. The summed E-state index contributed by atoms with van der Waals surface area (Å²) in [6.45, 7) is 2.69. The fraction of sp³-hybridized carbons (Fsp3) is 0.417. The molecule has 19 heavy (non-hydrogen) atoms. The van der Waals surface area contributed by atoms with Crippen molar-refractivity contribution >= 4 is 15.8 Å². The molecule has 6 nitrogen and oxygen atoms in total. The Balaban J connectivity index is 2.71. The number of hydrogen-bond donors (Lipinski definition) is 2. The third-order valence-corrected chi connectivity index (χ3v) is 3.28. The first-order valence-electron chi connectivity index (χ1n) is 5.80. The van der Waals surface area contributed by atoms with Crippen LogP contribution in [0, 0.1) is 11.8 Å². The maximum absolute atomic E-state index is 11.7. The third-order valence-electron chi connectivity index (χ3n) is 2.06. The molecule has 0 radical (unpaired) electrons. The highest BCUT2D eigenvalue weighted by Crippen LogP contribution is 2.08. The Hall–Kier alpha value is -1.62. The van der Waals surface area contributed by atoms with E-state index in [0.29, 0.717) is 12.2 Å². The van der Waals surface area contributed by atoms with Crippen LogP contribution in [-0.2, 0) is 14.8 Å². The Morgan fingerprint density at radius 3 is 3.00 bits per heavy atom. The number of nitrogens with zero attached hydrogens (tertiary/aromatic N) is 1. The highest BCUT2D eigenvalue weighted by molar-refractivity contribution is 7.92. The molecule has 0 aliphatic heterocycles. The Bertz CT molecular complexity index is 561. The number of ether oxygens (including phenoxy) is 1. The quantitative estimate of drug-likeness (QED) is 0.573. The molecule has 0 saturated carbocycles. The van der Waals surface area contributed by atoms with E-state index in [1.54, 1.807) is 19.1 Å². The standard InChI is InChI=1S/C12H17N3O3S/c1-2-18-8-9-19(16,17)15-12-10-11(4-3-6-13)5-7-14-12/h5,7,10H,2,6,8-9,13H2,1H3,(H,14,15). The molecule has 0 saturated heterocycles. The van der Waals surface area contributed by atoms with Crippen LogP contribution in [0.1, 0.15) is 12.5 Å². The molecule has 1 aromatic heterocycles. The van der Waals surface area contributed by atoms with E-state index >= 15 is 0 Å². The maximum Gasteiger partial charge on any atom is 0.236 e. The number of anilines is 1. The first-order valence-corrected chi connectivity index (χ1v) is 7.46. The van der Waals surface area contributed by atoms with E-state index < -0.39 is 10.0 Å². The number of sulfonamides is 1. The second kappa shape index (κ2) is 7.74. The summed E-state index contributed by atoms with van der Waals surface area (Å²) >= 11 is 0. The molecule has 1 heterocycles. The van der Waals surface area contributed by atoms with Gasteiger partial charge in [0.15, 0.2) is 0 Å². The van der Waals surface area contributed by atoms with Crippen molar-refractivity contribution in [1.29, 1.82) is 0 Å². The zero-order valence-corrected chi connectivity index (χ0v) is 11.5. The number of hydrogen-bond acceptors (Lipinski definition) is 5. The Labute approximate surface area is 113 Å². The van der Waals surface area contributed by atoms with Crippen molar-refractivity contribution in [2.24, 2.45) is 5.73 Å². The van der Waals surface area contributed by atoms with Gasteiger partial charge in [-0.3, -0.25) is 4.72 Å². The molecule has 0 bridgehead atoms. The van der Waals surface area contributed by atoms with Gasteiger partial charge in [-0.05, 0) is 19.1 Å². The molecule has 7 heteroatoms. The molecular weight excluding hydrogens is 266 g/mol. The molecule has 1 aromatic rings. The summed E-state index contributed by atoms with van der Waals surface area (Å²) in [5.74, 6) is 5.62. The molecule has 3 N–H and O–H groups in total. The molecule has 0 fully saturated rings. The molecule has 104 valence electrons. The van der Waals surface area contributed by atoms with Crippen molar-refractivity contribution in [3.05, 3.63) is 23.9 Å². The molecule has 1 rings (SSSR count). The maximum atomic E-state index is 11.7. The van der Waals surface area contributed by atoms with Gasteiger partial charge in [0.1, 0.15) is 5.82 Å². The van der Waals surface area contributed by atoms with E-state index in [4.69, 9.17) is 10.5 Å². The van der Waals surface area contributed by atoms with E-state index in [9.17, 15) is 8.42 Å². The van der Waals surface area contributed by atoms with Gasteiger partial charge in [0.05, 0.1) is 18.9 Å². The van der Waals surface area contributed by atoms with Crippen molar-refractivity contribution in [2.75, 3.05) is 30.2 Å².